The van der Waals surface area contributed by atoms with Crippen LogP contribution in [0.4, 0.5) is 4.79 Å². The second-order valence-corrected chi connectivity index (χ2v) is 4.26. The molecule has 0 spiro atoms. The van der Waals surface area contributed by atoms with Crippen LogP contribution in [0.5, 0.6) is 0 Å². The van der Waals surface area contributed by atoms with Gasteiger partial charge in [-0.05, 0) is 17.7 Å². The number of rotatable bonds is 1. The number of carbonyl (C=O) groups excluding carboxylic acids is 1. The standard InChI is InChI=1S/C12H14ClNO3/c1-16-12(15)14-6-7-17-11(8-14)9-2-4-10(13)5-3-9/h2-5,11H,6-8H2,1H3. The Bertz CT molecular complexity index is 393. The largest absolute Gasteiger partial charge is 0.453 e. The summed E-state index contributed by atoms with van der Waals surface area (Å²) < 4.78 is 10.3. The zero-order chi connectivity index (χ0) is 12.3. The van der Waals surface area contributed by atoms with Crippen molar-refractivity contribution in [2.75, 3.05) is 26.8 Å². The van der Waals surface area contributed by atoms with Crippen molar-refractivity contribution in [2.45, 2.75) is 6.10 Å². The van der Waals surface area contributed by atoms with Gasteiger partial charge in [-0.3, -0.25) is 0 Å². The van der Waals surface area contributed by atoms with Gasteiger partial charge < -0.3 is 14.4 Å². The molecule has 1 aromatic carbocycles. The van der Waals surface area contributed by atoms with E-state index in [9.17, 15) is 4.79 Å². The minimum absolute atomic E-state index is 0.111. The first-order chi connectivity index (χ1) is 8.20. The number of hydrogen-bond donors (Lipinski definition) is 0. The highest BCUT2D eigenvalue weighted by atomic mass is 35.5. The molecule has 0 aromatic heterocycles. The molecule has 1 aliphatic rings. The van der Waals surface area contributed by atoms with Crippen molar-refractivity contribution in [3.63, 3.8) is 0 Å². The van der Waals surface area contributed by atoms with Crippen LogP contribution >= 0.6 is 11.6 Å². The van der Waals surface area contributed by atoms with Crippen LogP contribution in [0, 0.1) is 0 Å². The molecule has 1 unspecified atom stereocenters. The Kier molecular flexibility index (Phi) is 3.86. The summed E-state index contributed by atoms with van der Waals surface area (Å²) in [6.45, 7) is 1.59. The number of amides is 1. The van der Waals surface area contributed by atoms with Gasteiger partial charge in [0.25, 0.3) is 0 Å². The first-order valence-electron chi connectivity index (χ1n) is 5.40. The third-order valence-electron chi connectivity index (χ3n) is 2.74. The van der Waals surface area contributed by atoms with Crippen molar-refractivity contribution in [1.82, 2.24) is 4.90 Å². The number of halogens is 1. The number of nitrogens with zero attached hydrogens (tertiary/aromatic N) is 1. The molecule has 0 aliphatic carbocycles. The summed E-state index contributed by atoms with van der Waals surface area (Å²) in [5.74, 6) is 0. The molecule has 1 aliphatic heterocycles. The molecule has 1 fully saturated rings. The molecule has 92 valence electrons. The molecule has 5 heteroatoms. The molecule has 1 aromatic rings. The van der Waals surface area contributed by atoms with Gasteiger partial charge in [0.05, 0.1) is 20.3 Å². The van der Waals surface area contributed by atoms with Gasteiger partial charge in [-0.1, -0.05) is 23.7 Å². The van der Waals surface area contributed by atoms with Crippen LogP contribution in [0.25, 0.3) is 0 Å². The summed E-state index contributed by atoms with van der Waals surface area (Å²) in [6, 6.07) is 7.45. The van der Waals surface area contributed by atoms with Crippen molar-refractivity contribution >= 4 is 17.7 Å². The van der Waals surface area contributed by atoms with Gasteiger partial charge in [-0.2, -0.15) is 0 Å². The quantitative estimate of drug-likeness (QED) is 0.774. The maximum Gasteiger partial charge on any atom is 0.409 e. The van der Waals surface area contributed by atoms with Crippen LogP contribution in [0.1, 0.15) is 11.7 Å². The van der Waals surface area contributed by atoms with Gasteiger partial charge in [-0.15, -0.1) is 0 Å². The van der Waals surface area contributed by atoms with Crippen LogP contribution in [0.2, 0.25) is 5.02 Å². The molecule has 1 saturated heterocycles. The lowest BCUT2D eigenvalue weighted by Crippen LogP contribution is -2.42. The number of hydrogen-bond acceptors (Lipinski definition) is 3. The van der Waals surface area contributed by atoms with E-state index in [0.29, 0.717) is 24.7 Å². The summed E-state index contributed by atoms with van der Waals surface area (Å²) in [6.07, 6.45) is -0.424. The van der Waals surface area contributed by atoms with E-state index < -0.39 is 0 Å². The third kappa shape index (κ3) is 2.90. The van der Waals surface area contributed by atoms with Gasteiger partial charge in [0.1, 0.15) is 6.10 Å². The summed E-state index contributed by atoms with van der Waals surface area (Å²) >= 11 is 5.83. The van der Waals surface area contributed by atoms with E-state index in [1.165, 1.54) is 7.11 Å². The molecule has 1 atom stereocenters. The Morgan fingerprint density at radius 3 is 2.82 bits per heavy atom. The molecule has 2 rings (SSSR count). The topological polar surface area (TPSA) is 38.8 Å². The predicted octanol–water partition coefficient (Wildman–Crippen LogP) is 2.48. The van der Waals surface area contributed by atoms with Crippen LogP contribution in [0.15, 0.2) is 24.3 Å². The number of ether oxygens (including phenoxy) is 2. The average Bonchev–Trinajstić information content (AvgIpc) is 2.39. The lowest BCUT2D eigenvalue weighted by molar-refractivity contribution is -0.0258. The molecular formula is C12H14ClNO3. The molecule has 4 nitrogen and oxygen atoms in total. The fourth-order valence-electron chi connectivity index (χ4n) is 1.82. The second-order valence-electron chi connectivity index (χ2n) is 3.83. The van der Waals surface area contributed by atoms with Crippen molar-refractivity contribution in [3.8, 4) is 0 Å². The fraction of sp³-hybridized carbons (Fsp3) is 0.417. The smallest absolute Gasteiger partial charge is 0.409 e. The number of methoxy groups -OCH3 is 1. The van der Waals surface area contributed by atoms with Crippen molar-refractivity contribution in [2.24, 2.45) is 0 Å². The van der Waals surface area contributed by atoms with Gasteiger partial charge in [0.2, 0.25) is 0 Å². The maximum atomic E-state index is 11.4. The summed E-state index contributed by atoms with van der Waals surface area (Å²) in [4.78, 5) is 13.1. The first-order valence-corrected chi connectivity index (χ1v) is 5.78. The van der Waals surface area contributed by atoms with E-state index in [2.05, 4.69) is 0 Å². The Morgan fingerprint density at radius 2 is 2.18 bits per heavy atom. The normalized spacial score (nSPS) is 20.1. The number of benzene rings is 1. The molecule has 0 radical (unpaired) electrons. The number of morpholine rings is 1. The van der Waals surface area contributed by atoms with E-state index in [1.807, 2.05) is 24.3 Å². The molecular weight excluding hydrogens is 242 g/mol. The number of carbonyl (C=O) groups is 1. The van der Waals surface area contributed by atoms with Crippen molar-refractivity contribution in [3.05, 3.63) is 34.9 Å². The third-order valence-corrected chi connectivity index (χ3v) is 2.99. The summed E-state index contributed by atoms with van der Waals surface area (Å²) in [5.41, 5.74) is 1.02. The Morgan fingerprint density at radius 1 is 1.47 bits per heavy atom. The predicted molar refractivity (Wildman–Crippen MR) is 64.1 cm³/mol. The lowest BCUT2D eigenvalue weighted by Gasteiger charge is -2.32. The lowest BCUT2D eigenvalue weighted by atomic mass is 10.1. The summed E-state index contributed by atoms with van der Waals surface area (Å²) in [5, 5.41) is 0.689. The van der Waals surface area contributed by atoms with Crippen molar-refractivity contribution in [1.29, 1.82) is 0 Å². The van der Waals surface area contributed by atoms with Crippen LogP contribution in [-0.4, -0.2) is 37.8 Å². The highest BCUT2D eigenvalue weighted by Gasteiger charge is 2.25. The zero-order valence-electron chi connectivity index (χ0n) is 9.56. The van der Waals surface area contributed by atoms with Gasteiger partial charge in [0.15, 0.2) is 0 Å². The van der Waals surface area contributed by atoms with Gasteiger partial charge in [-0.25, -0.2) is 4.79 Å². The van der Waals surface area contributed by atoms with E-state index in [1.54, 1.807) is 4.90 Å². The fourth-order valence-corrected chi connectivity index (χ4v) is 1.95. The van der Waals surface area contributed by atoms with Crippen molar-refractivity contribution < 1.29 is 14.3 Å². The Balaban J connectivity index is 2.06. The molecule has 0 N–H and O–H groups in total. The molecule has 0 saturated carbocycles. The maximum absolute atomic E-state index is 11.4. The van der Waals surface area contributed by atoms with Crippen LogP contribution in [-0.2, 0) is 9.47 Å². The van der Waals surface area contributed by atoms with E-state index in [4.69, 9.17) is 21.1 Å². The SMILES string of the molecule is COC(=O)N1CCOC(c2ccc(Cl)cc2)C1. The second kappa shape index (κ2) is 5.38. The van der Waals surface area contributed by atoms with E-state index >= 15 is 0 Å². The highest BCUT2D eigenvalue weighted by molar-refractivity contribution is 6.30. The van der Waals surface area contributed by atoms with E-state index in [0.717, 1.165) is 5.56 Å². The molecule has 1 heterocycles. The van der Waals surface area contributed by atoms with Crippen LogP contribution < -0.4 is 0 Å². The molecule has 17 heavy (non-hydrogen) atoms. The van der Waals surface area contributed by atoms with E-state index in [-0.39, 0.29) is 12.2 Å². The minimum Gasteiger partial charge on any atom is -0.453 e. The first kappa shape index (κ1) is 12.2. The van der Waals surface area contributed by atoms with Gasteiger partial charge >= 0.3 is 6.09 Å². The molecule has 0 bridgehead atoms. The summed E-state index contributed by atoms with van der Waals surface area (Å²) in [7, 11) is 1.38. The monoisotopic (exact) mass is 255 g/mol. The Hall–Kier alpha value is -1.26. The minimum atomic E-state index is -0.313. The average molecular weight is 256 g/mol. The van der Waals surface area contributed by atoms with Crippen LogP contribution in [0.3, 0.4) is 0 Å². The zero-order valence-corrected chi connectivity index (χ0v) is 10.3. The Labute approximate surface area is 105 Å². The van der Waals surface area contributed by atoms with Gasteiger partial charge in [0, 0.05) is 11.6 Å². The molecule has 1 amide bonds. The highest BCUT2D eigenvalue weighted by Crippen LogP contribution is 2.23.